The van der Waals surface area contributed by atoms with Gasteiger partial charge in [-0.25, -0.2) is 4.79 Å². The Bertz CT molecular complexity index is 148. The highest BCUT2D eigenvalue weighted by Crippen LogP contribution is 2.00. The van der Waals surface area contributed by atoms with E-state index in [-0.39, 0.29) is 0 Å². The van der Waals surface area contributed by atoms with Crippen LogP contribution in [-0.4, -0.2) is 13.1 Å². The first kappa shape index (κ1) is 8.03. The number of hydrogen-bond donors (Lipinski definition) is 0. The third-order valence-corrected chi connectivity index (χ3v) is 0.914. The maximum atomic E-state index is 9.71. The average Bonchev–Trinajstić information content (AvgIpc) is 1.88. The summed E-state index contributed by atoms with van der Waals surface area (Å²) < 4.78 is 4.77. The van der Waals surface area contributed by atoms with Crippen molar-refractivity contribution < 1.29 is 9.53 Å². The van der Waals surface area contributed by atoms with Crippen LogP contribution in [0.15, 0.2) is 11.5 Å². The molecule has 0 rings (SSSR count). The number of carbonyl (C=O) groups excluding carboxylic acids is 1. The molecular formula is C7H10O2. The summed E-state index contributed by atoms with van der Waals surface area (Å²) in [6.45, 7) is 2.01. The highest BCUT2D eigenvalue weighted by molar-refractivity contribution is 5.44. The summed E-state index contributed by atoms with van der Waals surface area (Å²) in [5.74, 6) is 2.12. The second-order valence-corrected chi connectivity index (χ2v) is 1.60. The van der Waals surface area contributed by atoms with Crippen LogP contribution in [0, 0.1) is 0 Å². The zero-order valence-electron chi connectivity index (χ0n) is 5.73. The molecule has 50 valence electrons. The molecule has 0 spiro atoms. The number of allylic oxidation sites excluding steroid dienone is 1. The van der Waals surface area contributed by atoms with Crippen molar-refractivity contribution in [3.8, 4) is 0 Å². The van der Waals surface area contributed by atoms with Crippen LogP contribution in [0.5, 0.6) is 0 Å². The van der Waals surface area contributed by atoms with Gasteiger partial charge < -0.3 is 4.74 Å². The minimum absolute atomic E-state index is 0.576. The van der Waals surface area contributed by atoms with Crippen LogP contribution in [0.1, 0.15) is 19.8 Å². The molecule has 2 heteroatoms. The second kappa shape index (κ2) is 5.17. The van der Waals surface area contributed by atoms with Crippen LogP contribution in [0.3, 0.4) is 0 Å². The smallest absolute Gasteiger partial charge is 0.180 e. The van der Waals surface area contributed by atoms with E-state index in [1.165, 1.54) is 7.11 Å². The number of hydrogen-bond acceptors (Lipinski definition) is 2. The van der Waals surface area contributed by atoms with Crippen LogP contribution in [0.2, 0.25) is 0 Å². The molecular weight excluding hydrogens is 116 g/mol. The Hall–Kier alpha value is -0.970. The summed E-state index contributed by atoms with van der Waals surface area (Å²) in [5.41, 5.74) is 2.32. The van der Waals surface area contributed by atoms with E-state index in [1.54, 1.807) is 5.94 Å². The molecule has 0 heterocycles. The van der Waals surface area contributed by atoms with Gasteiger partial charge in [0, 0.05) is 12.2 Å². The van der Waals surface area contributed by atoms with E-state index >= 15 is 0 Å². The first-order valence-corrected chi connectivity index (χ1v) is 2.88. The van der Waals surface area contributed by atoms with Crippen molar-refractivity contribution in [3.63, 3.8) is 0 Å². The molecule has 0 N–H and O–H groups in total. The molecule has 0 aromatic carbocycles. The van der Waals surface area contributed by atoms with Gasteiger partial charge in [0.1, 0.15) is 5.76 Å². The maximum absolute atomic E-state index is 9.71. The minimum Gasteiger partial charge on any atom is -0.492 e. The molecule has 2 nitrogen and oxygen atoms in total. The minimum atomic E-state index is 0.576. The molecule has 0 aliphatic rings. The van der Waals surface area contributed by atoms with Gasteiger partial charge in [0.25, 0.3) is 0 Å². The lowest BCUT2D eigenvalue weighted by Crippen LogP contribution is -1.82. The van der Waals surface area contributed by atoms with Gasteiger partial charge >= 0.3 is 0 Å². The fourth-order valence-electron chi connectivity index (χ4n) is 0.500. The standard InChI is InChI=1S/C7H10O2/c1-3-4-7(9-2)5-6-8/h3-4H2,1-2H3. The molecule has 0 aromatic rings. The van der Waals surface area contributed by atoms with E-state index in [9.17, 15) is 4.79 Å². The SMILES string of the molecule is CCCC(=C=C=O)OC. The summed E-state index contributed by atoms with van der Waals surface area (Å²) in [4.78, 5) is 9.71. The Morgan fingerprint density at radius 3 is 2.67 bits per heavy atom. The Kier molecular flexibility index (Phi) is 4.61. The van der Waals surface area contributed by atoms with Gasteiger partial charge in [-0.15, -0.1) is 0 Å². The van der Waals surface area contributed by atoms with E-state index < -0.39 is 0 Å². The fraction of sp³-hybridized carbons (Fsp3) is 0.571. The highest BCUT2D eigenvalue weighted by Gasteiger charge is 1.89. The zero-order chi connectivity index (χ0) is 7.11. The molecule has 0 atom stereocenters. The highest BCUT2D eigenvalue weighted by atomic mass is 16.5. The Morgan fingerprint density at radius 2 is 2.33 bits per heavy atom. The van der Waals surface area contributed by atoms with E-state index in [0.717, 1.165) is 12.8 Å². The first-order chi connectivity index (χ1) is 4.35. The fourth-order valence-corrected chi connectivity index (χ4v) is 0.500. The van der Waals surface area contributed by atoms with Crippen LogP contribution in [0.25, 0.3) is 0 Å². The molecule has 0 fully saturated rings. The lowest BCUT2D eigenvalue weighted by atomic mass is 10.3. The average molecular weight is 126 g/mol. The number of ether oxygens (including phenoxy) is 1. The predicted molar refractivity (Wildman–Crippen MR) is 34.6 cm³/mol. The molecule has 0 radical (unpaired) electrons. The van der Waals surface area contributed by atoms with Crippen molar-refractivity contribution in [3.05, 3.63) is 11.5 Å². The molecule has 0 aliphatic heterocycles. The van der Waals surface area contributed by atoms with Crippen molar-refractivity contribution in [1.82, 2.24) is 0 Å². The number of methoxy groups -OCH3 is 1. The molecule has 0 saturated carbocycles. The molecule has 0 aliphatic carbocycles. The van der Waals surface area contributed by atoms with E-state index in [4.69, 9.17) is 4.74 Å². The van der Waals surface area contributed by atoms with Crippen molar-refractivity contribution in [2.75, 3.05) is 7.11 Å². The van der Waals surface area contributed by atoms with Crippen molar-refractivity contribution in [2.24, 2.45) is 0 Å². The summed E-state index contributed by atoms with van der Waals surface area (Å²) in [6.07, 6.45) is 1.71. The monoisotopic (exact) mass is 126 g/mol. The quantitative estimate of drug-likeness (QED) is 0.323. The normalized spacial score (nSPS) is 7.33. The number of rotatable bonds is 3. The van der Waals surface area contributed by atoms with Gasteiger partial charge in [-0.05, 0) is 6.42 Å². The topological polar surface area (TPSA) is 26.3 Å². The Labute approximate surface area is 54.8 Å². The van der Waals surface area contributed by atoms with Crippen LogP contribution in [0.4, 0.5) is 0 Å². The zero-order valence-corrected chi connectivity index (χ0v) is 5.73. The van der Waals surface area contributed by atoms with E-state index in [2.05, 4.69) is 5.73 Å². The Balaban J connectivity index is 3.98. The van der Waals surface area contributed by atoms with Gasteiger partial charge in [0.15, 0.2) is 5.94 Å². The molecule has 0 unspecified atom stereocenters. The Morgan fingerprint density at radius 1 is 1.67 bits per heavy atom. The third kappa shape index (κ3) is 3.60. The summed E-state index contributed by atoms with van der Waals surface area (Å²) in [5, 5.41) is 0. The lowest BCUT2D eigenvalue weighted by molar-refractivity contribution is 0.277. The first-order valence-electron chi connectivity index (χ1n) is 2.88. The van der Waals surface area contributed by atoms with Crippen molar-refractivity contribution in [2.45, 2.75) is 19.8 Å². The van der Waals surface area contributed by atoms with Crippen LogP contribution in [-0.2, 0) is 9.53 Å². The summed E-state index contributed by atoms with van der Waals surface area (Å²) in [6, 6.07) is 0. The van der Waals surface area contributed by atoms with Crippen LogP contribution >= 0.6 is 0 Å². The van der Waals surface area contributed by atoms with Gasteiger partial charge in [0.05, 0.1) is 7.11 Å². The summed E-state index contributed by atoms with van der Waals surface area (Å²) >= 11 is 0. The lowest BCUT2D eigenvalue weighted by Gasteiger charge is -1.96. The third-order valence-electron chi connectivity index (χ3n) is 0.914. The second-order valence-electron chi connectivity index (χ2n) is 1.60. The van der Waals surface area contributed by atoms with Crippen LogP contribution < -0.4 is 0 Å². The van der Waals surface area contributed by atoms with Crippen molar-refractivity contribution in [1.29, 1.82) is 0 Å². The van der Waals surface area contributed by atoms with E-state index in [0.29, 0.717) is 5.76 Å². The molecule has 0 saturated heterocycles. The van der Waals surface area contributed by atoms with E-state index in [1.807, 2.05) is 6.92 Å². The largest absolute Gasteiger partial charge is 0.492 e. The molecule has 0 bridgehead atoms. The summed E-state index contributed by atoms with van der Waals surface area (Å²) in [7, 11) is 1.52. The molecule has 0 amide bonds. The predicted octanol–water partition coefficient (Wildman–Crippen LogP) is 1.30. The van der Waals surface area contributed by atoms with Gasteiger partial charge in [0.2, 0.25) is 0 Å². The van der Waals surface area contributed by atoms with Crippen molar-refractivity contribution >= 4 is 5.94 Å². The molecule has 9 heavy (non-hydrogen) atoms. The van der Waals surface area contributed by atoms with Gasteiger partial charge in [-0.2, -0.15) is 0 Å². The molecule has 0 aromatic heterocycles. The maximum Gasteiger partial charge on any atom is 0.180 e. The van der Waals surface area contributed by atoms with Gasteiger partial charge in [-0.1, -0.05) is 6.92 Å². The van der Waals surface area contributed by atoms with Gasteiger partial charge in [-0.3, -0.25) is 0 Å².